The Labute approximate surface area is 205 Å². The number of hydrogen-bond acceptors (Lipinski definition) is 10. The molecule has 178 valence electrons. The second kappa shape index (κ2) is 9.38. The first-order chi connectivity index (χ1) is 17.5. The Bertz CT molecular complexity index is 1420. The van der Waals surface area contributed by atoms with Crippen molar-refractivity contribution in [2.24, 2.45) is 20.5 Å². The summed E-state index contributed by atoms with van der Waals surface area (Å²) in [5.74, 6) is 0.929. The molecule has 0 bridgehead atoms. The van der Waals surface area contributed by atoms with Crippen LogP contribution >= 0.6 is 0 Å². The van der Waals surface area contributed by atoms with Crippen LogP contribution in [0.3, 0.4) is 0 Å². The van der Waals surface area contributed by atoms with E-state index in [0.29, 0.717) is 22.7 Å². The molecule has 0 spiro atoms. The van der Waals surface area contributed by atoms with Gasteiger partial charge >= 0.3 is 0 Å². The maximum atomic E-state index is 5.77. The van der Waals surface area contributed by atoms with Crippen LogP contribution in [0.4, 0.5) is 46.0 Å². The van der Waals surface area contributed by atoms with Gasteiger partial charge in [-0.25, -0.2) is 0 Å². The summed E-state index contributed by atoms with van der Waals surface area (Å²) >= 11 is 0. The standard InChI is InChI=1S/C24H22N12/c25-21-19(22(26)34-33-21)31-29-17-5-1-3-15(11-17)13-7-9-14(10-8-13)16-4-2-6-18(12-16)30-32-20-23(27)35-36-24(20)28/h1-12H,(H5,25,26,33,34)(H5,27,28,35,36)/b31-29+,32-30+. The topological polar surface area (TPSA) is 211 Å². The minimum absolute atomic E-state index is 0.197. The Hall–Kier alpha value is -5.52. The van der Waals surface area contributed by atoms with Crippen molar-refractivity contribution >= 4 is 46.0 Å². The Morgan fingerprint density at radius 1 is 0.500 bits per heavy atom. The van der Waals surface area contributed by atoms with Gasteiger partial charge in [0.05, 0.1) is 11.4 Å². The molecule has 5 rings (SSSR count). The fourth-order valence-corrected chi connectivity index (χ4v) is 3.50. The van der Waals surface area contributed by atoms with Gasteiger partial charge in [-0.05, 0) is 46.5 Å². The Balaban J connectivity index is 1.35. The fourth-order valence-electron chi connectivity index (χ4n) is 3.50. The number of nitrogens with two attached hydrogens (primary N) is 4. The molecule has 12 heteroatoms. The SMILES string of the molecule is Nc1n[nH]c(N)c1/N=N/c1cccc(-c2ccc(-c3cccc(/N=N/c4c(N)n[nH]c4N)c3)cc2)c1. The molecule has 0 fully saturated rings. The van der Waals surface area contributed by atoms with Gasteiger partial charge in [0.1, 0.15) is 11.6 Å². The van der Waals surface area contributed by atoms with Crippen molar-refractivity contribution < 1.29 is 0 Å². The highest BCUT2D eigenvalue weighted by molar-refractivity contribution is 5.74. The molecule has 2 aromatic heterocycles. The molecule has 0 saturated heterocycles. The number of azo groups is 2. The summed E-state index contributed by atoms with van der Waals surface area (Å²) in [5, 5.41) is 29.5. The van der Waals surface area contributed by atoms with E-state index in [1.54, 1.807) is 0 Å². The van der Waals surface area contributed by atoms with E-state index in [2.05, 4.69) is 40.9 Å². The van der Waals surface area contributed by atoms with E-state index in [1.807, 2.05) is 72.8 Å². The first-order valence-corrected chi connectivity index (χ1v) is 10.8. The number of nitrogens with zero attached hydrogens (tertiary/aromatic N) is 6. The van der Waals surface area contributed by atoms with Gasteiger partial charge in [-0.2, -0.15) is 20.4 Å². The lowest BCUT2D eigenvalue weighted by Gasteiger charge is -2.06. The number of aromatic amines is 2. The van der Waals surface area contributed by atoms with E-state index < -0.39 is 0 Å². The lowest BCUT2D eigenvalue weighted by Crippen LogP contribution is -1.84. The van der Waals surface area contributed by atoms with E-state index in [1.165, 1.54) is 0 Å². The van der Waals surface area contributed by atoms with Crippen molar-refractivity contribution in [3.8, 4) is 22.3 Å². The molecule has 0 radical (unpaired) electrons. The molecule has 10 N–H and O–H groups in total. The van der Waals surface area contributed by atoms with Gasteiger partial charge in [-0.1, -0.05) is 48.5 Å². The van der Waals surface area contributed by atoms with Crippen molar-refractivity contribution in [1.82, 2.24) is 20.4 Å². The van der Waals surface area contributed by atoms with E-state index in [9.17, 15) is 0 Å². The highest BCUT2D eigenvalue weighted by Crippen LogP contribution is 2.32. The molecular formula is C24H22N12. The zero-order chi connectivity index (χ0) is 25.1. The second-order valence-electron chi connectivity index (χ2n) is 7.82. The van der Waals surface area contributed by atoms with E-state index in [0.717, 1.165) is 22.3 Å². The number of hydrogen-bond donors (Lipinski definition) is 6. The van der Waals surface area contributed by atoms with Crippen molar-refractivity contribution in [3.63, 3.8) is 0 Å². The molecular weight excluding hydrogens is 456 g/mol. The predicted molar refractivity (Wildman–Crippen MR) is 140 cm³/mol. The molecule has 0 saturated carbocycles. The third-order valence-corrected chi connectivity index (χ3v) is 5.36. The van der Waals surface area contributed by atoms with Crippen LogP contribution in [0.2, 0.25) is 0 Å². The number of benzene rings is 3. The number of nitrogens with one attached hydrogen (secondary N) is 2. The monoisotopic (exact) mass is 478 g/mol. The molecule has 2 heterocycles. The minimum Gasteiger partial charge on any atom is -0.382 e. The molecule has 0 aliphatic rings. The summed E-state index contributed by atoms with van der Waals surface area (Å²) < 4.78 is 0. The van der Waals surface area contributed by atoms with Crippen molar-refractivity contribution in [3.05, 3.63) is 72.8 Å². The molecule has 0 amide bonds. The third kappa shape index (κ3) is 4.59. The summed E-state index contributed by atoms with van der Waals surface area (Å²) in [7, 11) is 0. The van der Waals surface area contributed by atoms with E-state index in [-0.39, 0.29) is 23.3 Å². The van der Waals surface area contributed by atoms with Crippen molar-refractivity contribution in [1.29, 1.82) is 0 Å². The van der Waals surface area contributed by atoms with Crippen molar-refractivity contribution in [2.75, 3.05) is 22.9 Å². The molecule has 5 aromatic rings. The Morgan fingerprint density at radius 3 is 1.28 bits per heavy atom. The quantitative estimate of drug-likeness (QED) is 0.170. The first kappa shape index (κ1) is 22.3. The fraction of sp³-hybridized carbons (Fsp3) is 0. The smallest absolute Gasteiger partial charge is 0.175 e. The number of aromatic nitrogens is 4. The maximum Gasteiger partial charge on any atom is 0.175 e. The average Bonchev–Trinajstić information content (AvgIpc) is 3.40. The first-order valence-electron chi connectivity index (χ1n) is 10.8. The lowest BCUT2D eigenvalue weighted by molar-refractivity contribution is 1.11. The lowest BCUT2D eigenvalue weighted by atomic mass is 10.00. The van der Waals surface area contributed by atoms with Gasteiger partial charge in [-0.15, -0.1) is 10.2 Å². The molecule has 3 aromatic carbocycles. The summed E-state index contributed by atoms with van der Waals surface area (Å²) in [6, 6.07) is 23.5. The van der Waals surface area contributed by atoms with E-state index in [4.69, 9.17) is 22.9 Å². The number of rotatable bonds is 6. The van der Waals surface area contributed by atoms with Crippen LogP contribution in [-0.2, 0) is 0 Å². The van der Waals surface area contributed by atoms with E-state index >= 15 is 0 Å². The third-order valence-electron chi connectivity index (χ3n) is 5.36. The normalized spacial score (nSPS) is 11.6. The summed E-state index contributed by atoms with van der Waals surface area (Å²) in [6.45, 7) is 0. The van der Waals surface area contributed by atoms with Gasteiger partial charge in [0.25, 0.3) is 0 Å². The molecule has 0 atom stereocenters. The van der Waals surface area contributed by atoms with Gasteiger partial charge in [0.2, 0.25) is 0 Å². The number of anilines is 4. The minimum atomic E-state index is 0.197. The van der Waals surface area contributed by atoms with Crippen LogP contribution in [-0.4, -0.2) is 20.4 Å². The van der Waals surface area contributed by atoms with Gasteiger partial charge in [0, 0.05) is 0 Å². The Morgan fingerprint density at radius 2 is 0.917 bits per heavy atom. The average molecular weight is 479 g/mol. The highest BCUT2D eigenvalue weighted by Gasteiger charge is 2.08. The van der Waals surface area contributed by atoms with Crippen LogP contribution in [0.15, 0.2) is 93.3 Å². The molecule has 36 heavy (non-hydrogen) atoms. The molecule has 0 aliphatic carbocycles. The van der Waals surface area contributed by atoms with Crippen molar-refractivity contribution in [2.45, 2.75) is 0 Å². The number of nitrogen functional groups attached to an aromatic ring is 4. The largest absolute Gasteiger partial charge is 0.382 e. The van der Waals surface area contributed by atoms with Crippen LogP contribution < -0.4 is 22.9 Å². The highest BCUT2D eigenvalue weighted by atomic mass is 15.3. The van der Waals surface area contributed by atoms with Gasteiger partial charge in [0.15, 0.2) is 23.0 Å². The zero-order valence-corrected chi connectivity index (χ0v) is 18.9. The molecule has 0 unspecified atom stereocenters. The summed E-state index contributed by atoms with van der Waals surface area (Å²) in [5.41, 5.74) is 29.0. The predicted octanol–water partition coefficient (Wildman–Crippen LogP) is 5.63. The van der Waals surface area contributed by atoms with Crippen LogP contribution in [0.25, 0.3) is 22.3 Å². The van der Waals surface area contributed by atoms with Crippen LogP contribution in [0, 0.1) is 0 Å². The summed E-state index contributed by atoms with van der Waals surface area (Å²) in [6.07, 6.45) is 0. The number of H-pyrrole nitrogens is 2. The second-order valence-corrected chi connectivity index (χ2v) is 7.82. The van der Waals surface area contributed by atoms with Gasteiger partial charge < -0.3 is 22.9 Å². The van der Waals surface area contributed by atoms with Gasteiger partial charge in [-0.3, -0.25) is 10.2 Å². The van der Waals surface area contributed by atoms with Crippen LogP contribution in [0.5, 0.6) is 0 Å². The zero-order valence-electron chi connectivity index (χ0n) is 18.9. The Kier molecular flexibility index (Phi) is 5.81. The molecule has 12 nitrogen and oxygen atoms in total. The molecule has 0 aliphatic heterocycles. The summed E-state index contributed by atoms with van der Waals surface area (Å²) in [4.78, 5) is 0. The maximum absolute atomic E-state index is 5.77. The van der Waals surface area contributed by atoms with Crippen LogP contribution in [0.1, 0.15) is 0 Å².